The van der Waals surface area contributed by atoms with E-state index in [1.807, 2.05) is 0 Å². The van der Waals surface area contributed by atoms with E-state index in [0.29, 0.717) is 23.2 Å². The number of anilines is 1. The van der Waals surface area contributed by atoms with Crippen molar-refractivity contribution in [3.05, 3.63) is 28.8 Å². The summed E-state index contributed by atoms with van der Waals surface area (Å²) in [7, 11) is 1.61. The number of hydrogen-bond acceptors (Lipinski definition) is 3. The standard InChI is InChI=1S/C14H19ClN2O2/c1-9-3-5-11(19-9)8-17-13-7-10(14(18)16-2)4-6-12(13)15/h4,6-7,9,11,17H,3,5,8H2,1-2H3,(H,16,18). The van der Waals surface area contributed by atoms with Crippen molar-refractivity contribution in [3.63, 3.8) is 0 Å². The molecule has 0 aliphatic carbocycles. The Morgan fingerprint density at radius 2 is 2.26 bits per heavy atom. The highest BCUT2D eigenvalue weighted by atomic mass is 35.5. The molecule has 1 fully saturated rings. The fourth-order valence-electron chi connectivity index (χ4n) is 2.21. The smallest absolute Gasteiger partial charge is 0.251 e. The number of amides is 1. The zero-order valence-corrected chi connectivity index (χ0v) is 12.0. The molecule has 2 N–H and O–H groups in total. The Hall–Kier alpha value is -1.26. The van der Waals surface area contributed by atoms with Crippen LogP contribution in [-0.2, 0) is 4.74 Å². The summed E-state index contributed by atoms with van der Waals surface area (Å²) in [5.74, 6) is -0.120. The van der Waals surface area contributed by atoms with Crippen LogP contribution >= 0.6 is 11.6 Å². The van der Waals surface area contributed by atoms with Crippen molar-refractivity contribution in [2.24, 2.45) is 0 Å². The number of nitrogens with one attached hydrogen (secondary N) is 2. The maximum atomic E-state index is 11.6. The van der Waals surface area contributed by atoms with Crippen LogP contribution in [0.1, 0.15) is 30.1 Å². The molecular weight excluding hydrogens is 264 g/mol. The number of hydrogen-bond donors (Lipinski definition) is 2. The van der Waals surface area contributed by atoms with Gasteiger partial charge in [0.05, 0.1) is 22.9 Å². The molecule has 1 aliphatic heterocycles. The minimum Gasteiger partial charge on any atom is -0.381 e. The summed E-state index contributed by atoms with van der Waals surface area (Å²) >= 11 is 6.12. The maximum Gasteiger partial charge on any atom is 0.251 e. The molecule has 1 saturated heterocycles. The van der Waals surface area contributed by atoms with Gasteiger partial charge in [-0.2, -0.15) is 0 Å². The number of carbonyl (C=O) groups is 1. The SMILES string of the molecule is CNC(=O)c1ccc(Cl)c(NCC2CCC(C)O2)c1. The summed E-state index contributed by atoms with van der Waals surface area (Å²) in [5, 5.41) is 6.46. The Morgan fingerprint density at radius 3 is 2.89 bits per heavy atom. The molecule has 0 saturated carbocycles. The predicted molar refractivity (Wildman–Crippen MR) is 76.9 cm³/mol. The number of benzene rings is 1. The monoisotopic (exact) mass is 282 g/mol. The van der Waals surface area contributed by atoms with Crippen LogP contribution in [0.3, 0.4) is 0 Å². The van der Waals surface area contributed by atoms with Gasteiger partial charge < -0.3 is 15.4 Å². The van der Waals surface area contributed by atoms with Crippen molar-refractivity contribution >= 4 is 23.2 Å². The minimum absolute atomic E-state index is 0.120. The van der Waals surface area contributed by atoms with Gasteiger partial charge in [-0.1, -0.05) is 11.6 Å². The highest BCUT2D eigenvalue weighted by Gasteiger charge is 2.21. The summed E-state index contributed by atoms with van der Waals surface area (Å²) in [6, 6.07) is 5.20. The van der Waals surface area contributed by atoms with Crippen LogP contribution in [0.25, 0.3) is 0 Å². The lowest BCUT2D eigenvalue weighted by Crippen LogP contribution is -2.21. The Balaban J connectivity index is 2.00. The highest BCUT2D eigenvalue weighted by Crippen LogP contribution is 2.25. The Morgan fingerprint density at radius 1 is 1.47 bits per heavy atom. The Bertz CT molecular complexity index is 465. The van der Waals surface area contributed by atoms with Crippen molar-refractivity contribution < 1.29 is 9.53 Å². The zero-order chi connectivity index (χ0) is 13.8. The normalized spacial score (nSPS) is 22.3. The van der Waals surface area contributed by atoms with E-state index in [4.69, 9.17) is 16.3 Å². The summed E-state index contributed by atoms with van der Waals surface area (Å²) in [6.07, 6.45) is 2.70. The predicted octanol–water partition coefficient (Wildman–Crippen LogP) is 2.68. The zero-order valence-electron chi connectivity index (χ0n) is 11.2. The van der Waals surface area contributed by atoms with E-state index in [-0.39, 0.29) is 12.0 Å². The largest absolute Gasteiger partial charge is 0.381 e. The number of ether oxygens (including phenoxy) is 1. The highest BCUT2D eigenvalue weighted by molar-refractivity contribution is 6.33. The summed E-state index contributed by atoms with van der Waals surface area (Å²) in [5.41, 5.74) is 1.36. The second-order valence-corrected chi connectivity index (χ2v) is 5.21. The Labute approximate surface area is 118 Å². The van der Waals surface area contributed by atoms with Crippen LogP contribution in [0.15, 0.2) is 18.2 Å². The molecule has 1 aromatic rings. The van der Waals surface area contributed by atoms with Gasteiger partial charge in [-0.05, 0) is 38.0 Å². The van der Waals surface area contributed by atoms with Crippen molar-refractivity contribution in [2.75, 3.05) is 18.9 Å². The summed E-state index contributed by atoms with van der Waals surface area (Å²) < 4.78 is 5.74. The van der Waals surface area contributed by atoms with E-state index in [1.54, 1.807) is 25.2 Å². The van der Waals surface area contributed by atoms with E-state index in [0.717, 1.165) is 18.5 Å². The first kappa shape index (κ1) is 14.2. The van der Waals surface area contributed by atoms with Gasteiger partial charge in [0.15, 0.2) is 0 Å². The second-order valence-electron chi connectivity index (χ2n) is 4.80. The molecule has 1 aliphatic rings. The van der Waals surface area contributed by atoms with Crippen molar-refractivity contribution in [3.8, 4) is 0 Å². The van der Waals surface area contributed by atoms with Crippen LogP contribution in [-0.4, -0.2) is 31.7 Å². The van der Waals surface area contributed by atoms with E-state index < -0.39 is 0 Å². The number of carbonyl (C=O) groups excluding carboxylic acids is 1. The van der Waals surface area contributed by atoms with Crippen molar-refractivity contribution in [2.45, 2.75) is 32.0 Å². The molecule has 0 bridgehead atoms. The molecule has 19 heavy (non-hydrogen) atoms. The lowest BCUT2D eigenvalue weighted by atomic mass is 10.1. The molecule has 1 aromatic carbocycles. The lowest BCUT2D eigenvalue weighted by Gasteiger charge is -2.14. The summed E-state index contributed by atoms with van der Waals surface area (Å²) in [4.78, 5) is 11.6. The Kier molecular flexibility index (Phi) is 4.66. The summed E-state index contributed by atoms with van der Waals surface area (Å²) in [6.45, 7) is 2.79. The maximum absolute atomic E-state index is 11.6. The minimum atomic E-state index is -0.120. The molecule has 0 radical (unpaired) electrons. The third kappa shape index (κ3) is 3.61. The van der Waals surface area contributed by atoms with Gasteiger partial charge in [0.25, 0.3) is 5.91 Å². The van der Waals surface area contributed by atoms with Gasteiger partial charge in [-0.3, -0.25) is 4.79 Å². The van der Waals surface area contributed by atoms with E-state index in [2.05, 4.69) is 17.6 Å². The molecule has 1 amide bonds. The molecule has 2 atom stereocenters. The van der Waals surface area contributed by atoms with Crippen LogP contribution in [0.2, 0.25) is 5.02 Å². The topological polar surface area (TPSA) is 50.4 Å². The molecule has 5 heteroatoms. The molecule has 1 heterocycles. The van der Waals surface area contributed by atoms with Gasteiger partial charge in [0.2, 0.25) is 0 Å². The van der Waals surface area contributed by atoms with Gasteiger partial charge >= 0.3 is 0 Å². The van der Waals surface area contributed by atoms with Crippen LogP contribution in [0.5, 0.6) is 0 Å². The van der Waals surface area contributed by atoms with Gasteiger partial charge in [0.1, 0.15) is 0 Å². The van der Waals surface area contributed by atoms with Gasteiger partial charge in [-0.25, -0.2) is 0 Å². The lowest BCUT2D eigenvalue weighted by molar-refractivity contribution is 0.0637. The van der Waals surface area contributed by atoms with Gasteiger partial charge in [-0.15, -0.1) is 0 Å². The third-order valence-corrected chi connectivity index (χ3v) is 3.63. The van der Waals surface area contributed by atoms with Crippen LogP contribution in [0.4, 0.5) is 5.69 Å². The number of rotatable bonds is 4. The van der Waals surface area contributed by atoms with E-state index >= 15 is 0 Å². The van der Waals surface area contributed by atoms with Gasteiger partial charge in [0, 0.05) is 19.2 Å². The van der Waals surface area contributed by atoms with Crippen LogP contribution in [0, 0.1) is 0 Å². The van der Waals surface area contributed by atoms with E-state index in [1.165, 1.54) is 0 Å². The second kappa shape index (κ2) is 6.26. The molecule has 2 rings (SSSR count). The first-order valence-electron chi connectivity index (χ1n) is 6.51. The molecule has 4 nitrogen and oxygen atoms in total. The third-order valence-electron chi connectivity index (χ3n) is 3.30. The molecule has 0 aromatic heterocycles. The molecule has 104 valence electrons. The van der Waals surface area contributed by atoms with E-state index in [9.17, 15) is 4.79 Å². The fraction of sp³-hybridized carbons (Fsp3) is 0.500. The molecular formula is C14H19ClN2O2. The molecule has 0 spiro atoms. The average Bonchev–Trinajstić information content (AvgIpc) is 2.82. The molecule has 2 unspecified atom stereocenters. The average molecular weight is 283 g/mol. The number of halogens is 1. The first-order valence-corrected chi connectivity index (χ1v) is 6.89. The van der Waals surface area contributed by atoms with Crippen molar-refractivity contribution in [1.82, 2.24) is 5.32 Å². The first-order chi connectivity index (χ1) is 9.10. The van der Waals surface area contributed by atoms with Crippen molar-refractivity contribution in [1.29, 1.82) is 0 Å². The fourth-order valence-corrected chi connectivity index (χ4v) is 2.39. The van der Waals surface area contributed by atoms with Crippen LogP contribution < -0.4 is 10.6 Å². The quantitative estimate of drug-likeness (QED) is 0.893.